The Morgan fingerprint density at radius 1 is 0.609 bits per heavy atom. The fourth-order valence-corrected chi connectivity index (χ4v) is 3.36. The zero-order valence-electron chi connectivity index (χ0n) is 12.2. The molecule has 0 aliphatic heterocycles. The molecule has 23 heavy (non-hydrogen) atoms. The van der Waals surface area contributed by atoms with Gasteiger partial charge in [0.1, 0.15) is 5.75 Å². The van der Waals surface area contributed by atoms with E-state index in [9.17, 15) is 8.42 Å². The smallest absolute Gasteiger partial charge is 0.366 e. The van der Waals surface area contributed by atoms with E-state index in [-0.39, 0.29) is 5.75 Å². The first kappa shape index (κ1) is 15.1. The maximum absolute atomic E-state index is 12.8. The third-order valence-electron chi connectivity index (χ3n) is 3.15. The molecule has 3 aromatic rings. The Hall–Kier alpha value is -2.79. The van der Waals surface area contributed by atoms with Crippen LogP contribution in [0.4, 0.5) is 11.4 Å². The molecular formula is C18H15NO3S. The summed E-state index contributed by atoms with van der Waals surface area (Å²) in [5, 5.41) is 0. The lowest BCUT2D eigenvalue weighted by Crippen LogP contribution is -2.30. The SMILES string of the molecule is O=S(=O)(Oc1ccccc1)N(c1ccccc1)c1ccccc1. The molecule has 0 radical (unpaired) electrons. The molecule has 0 aliphatic rings. The topological polar surface area (TPSA) is 46.6 Å². The molecule has 0 bridgehead atoms. The van der Waals surface area contributed by atoms with Crippen LogP contribution >= 0.6 is 0 Å². The quantitative estimate of drug-likeness (QED) is 0.708. The van der Waals surface area contributed by atoms with Crippen LogP contribution in [0.3, 0.4) is 0 Å². The molecule has 0 aliphatic carbocycles. The standard InChI is InChI=1S/C18H15NO3S/c20-23(21,22-18-14-8-3-9-15-18)19(16-10-4-1-5-11-16)17-12-6-2-7-13-17/h1-15H. The van der Waals surface area contributed by atoms with Crippen LogP contribution in [0.1, 0.15) is 0 Å². The van der Waals surface area contributed by atoms with E-state index in [4.69, 9.17) is 4.18 Å². The Balaban J connectivity index is 2.05. The van der Waals surface area contributed by atoms with Gasteiger partial charge in [-0.3, -0.25) is 0 Å². The summed E-state index contributed by atoms with van der Waals surface area (Å²) in [6.07, 6.45) is 0. The van der Waals surface area contributed by atoms with Gasteiger partial charge in [0, 0.05) is 0 Å². The molecule has 5 heteroatoms. The van der Waals surface area contributed by atoms with E-state index in [1.54, 1.807) is 78.9 Å². The number of para-hydroxylation sites is 3. The average molecular weight is 325 g/mol. The second-order valence-corrected chi connectivity index (χ2v) is 6.18. The normalized spacial score (nSPS) is 11.0. The van der Waals surface area contributed by atoms with Gasteiger partial charge in [-0.05, 0) is 36.4 Å². The summed E-state index contributed by atoms with van der Waals surface area (Å²) in [6.45, 7) is 0. The number of rotatable bonds is 5. The highest BCUT2D eigenvalue weighted by atomic mass is 32.2. The van der Waals surface area contributed by atoms with Crippen LogP contribution in [0.25, 0.3) is 0 Å². The number of hydrogen-bond acceptors (Lipinski definition) is 3. The van der Waals surface area contributed by atoms with Crippen molar-refractivity contribution >= 4 is 21.7 Å². The molecule has 0 N–H and O–H groups in total. The molecule has 0 aromatic heterocycles. The Bertz CT molecular complexity index is 811. The van der Waals surface area contributed by atoms with Gasteiger partial charge in [-0.15, -0.1) is 0 Å². The molecule has 0 unspecified atom stereocenters. The van der Waals surface area contributed by atoms with Crippen LogP contribution in [0.5, 0.6) is 5.75 Å². The van der Waals surface area contributed by atoms with Crippen LogP contribution in [-0.2, 0) is 10.3 Å². The van der Waals surface area contributed by atoms with Gasteiger partial charge in [-0.25, -0.2) is 4.31 Å². The van der Waals surface area contributed by atoms with Crippen LogP contribution in [-0.4, -0.2) is 8.42 Å². The highest BCUT2D eigenvalue weighted by molar-refractivity contribution is 7.88. The fourth-order valence-electron chi connectivity index (χ4n) is 2.17. The fraction of sp³-hybridized carbons (Fsp3) is 0. The first-order chi connectivity index (χ1) is 11.2. The number of benzene rings is 3. The largest absolute Gasteiger partial charge is 0.414 e. The maximum Gasteiger partial charge on any atom is 0.414 e. The van der Waals surface area contributed by atoms with Crippen molar-refractivity contribution in [2.45, 2.75) is 0 Å². The highest BCUT2D eigenvalue weighted by Crippen LogP contribution is 2.29. The molecule has 0 fully saturated rings. The van der Waals surface area contributed by atoms with Crippen LogP contribution in [0.2, 0.25) is 0 Å². The first-order valence-corrected chi connectivity index (χ1v) is 8.43. The molecule has 0 atom stereocenters. The molecule has 116 valence electrons. The Kier molecular flexibility index (Phi) is 4.30. The summed E-state index contributed by atoms with van der Waals surface area (Å²) in [7, 11) is -4.05. The van der Waals surface area contributed by atoms with Crippen molar-refractivity contribution < 1.29 is 12.6 Å². The van der Waals surface area contributed by atoms with Gasteiger partial charge in [0.25, 0.3) is 0 Å². The van der Waals surface area contributed by atoms with Gasteiger partial charge < -0.3 is 4.18 Å². The minimum absolute atomic E-state index is 0.268. The van der Waals surface area contributed by atoms with E-state index in [0.717, 1.165) is 0 Å². The molecule has 0 saturated carbocycles. The third-order valence-corrected chi connectivity index (χ3v) is 4.42. The van der Waals surface area contributed by atoms with E-state index in [1.807, 2.05) is 12.1 Å². The second-order valence-electron chi connectivity index (χ2n) is 4.79. The van der Waals surface area contributed by atoms with Crippen molar-refractivity contribution in [1.29, 1.82) is 0 Å². The molecule has 3 aromatic carbocycles. The van der Waals surface area contributed by atoms with E-state index < -0.39 is 10.3 Å². The molecule has 4 nitrogen and oxygen atoms in total. The lowest BCUT2D eigenvalue weighted by Gasteiger charge is -2.23. The summed E-state index contributed by atoms with van der Waals surface area (Å²) >= 11 is 0. The van der Waals surface area contributed by atoms with E-state index in [1.165, 1.54) is 4.31 Å². The minimum atomic E-state index is -4.05. The van der Waals surface area contributed by atoms with Gasteiger partial charge in [0.05, 0.1) is 11.4 Å². The van der Waals surface area contributed by atoms with E-state index in [2.05, 4.69) is 0 Å². The number of nitrogens with zero attached hydrogens (tertiary/aromatic N) is 1. The predicted molar refractivity (Wildman–Crippen MR) is 91.0 cm³/mol. The number of hydrogen-bond donors (Lipinski definition) is 0. The van der Waals surface area contributed by atoms with Gasteiger partial charge in [-0.1, -0.05) is 54.6 Å². The number of anilines is 2. The summed E-state index contributed by atoms with van der Waals surface area (Å²) < 4.78 is 32.1. The van der Waals surface area contributed by atoms with Gasteiger partial charge in [-0.2, -0.15) is 8.42 Å². The summed E-state index contributed by atoms with van der Waals surface area (Å²) in [5.74, 6) is 0.268. The highest BCUT2D eigenvalue weighted by Gasteiger charge is 2.26. The molecular weight excluding hydrogens is 310 g/mol. The molecule has 0 heterocycles. The lowest BCUT2D eigenvalue weighted by molar-refractivity contribution is 0.486. The van der Waals surface area contributed by atoms with Crippen molar-refractivity contribution in [1.82, 2.24) is 0 Å². The zero-order chi connectivity index (χ0) is 16.1. The lowest BCUT2D eigenvalue weighted by atomic mass is 10.3. The van der Waals surface area contributed by atoms with Gasteiger partial charge in [0.15, 0.2) is 0 Å². The van der Waals surface area contributed by atoms with Crippen molar-refractivity contribution in [2.24, 2.45) is 0 Å². The van der Waals surface area contributed by atoms with Crippen LogP contribution < -0.4 is 8.49 Å². The maximum atomic E-state index is 12.8. The monoisotopic (exact) mass is 325 g/mol. The van der Waals surface area contributed by atoms with Crippen molar-refractivity contribution in [3.63, 3.8) is 0 Å². The zero-order valence-corrected chi connectivity index (χ0v) is 13.1. The minimum Gasteiger partial charge on any atom is -0.366 e. The van der Waals surface area contributed by atoms with Gasteiger partial charge in [0.2, 0.25) is 0 Å². The molecule has 0 saturated heterocycles. The summed E-state index contributed by atoms with van der Waals surface area (Å²) in [6, 6.07) is 26.1. The molecule has 0 spiro atoms. The average Bonchev–Trinajstić information content (AvgIpc) is 2.57. The Morgan fingerprint density at radius 3 is 1.43 bits per heavy atom. The van der Waals surface area contributed by atoms with Crippen molar-refractivity contribution in [3.8, 4) is 5.75 Å². The summed E-state index contributed by atoms with van der Waals surface area (Å²) in [5.41, 5.74) is 1.02. The Labute approximate surface area is 135 Å². The second kappa shape index (κ2) is 6.54. The van der Waals surface area contributed by atoms with Gasteiger partial charge >= 0.3 is 10.3 Å². The van der Waals surface area contributed by atoms with Crippen LogP contribution in [0, 0.1) is 0 Å². The third kappa shape index (κ3) is 3.52. The first-order valence-electron chi connectivity index (χ1n) is 7.07. The molecule has 3 rings (SSSR count). The van der Waals surface area contributed by atoms with Crippen molar-refractivity contribution in [2.75, 3.05) is 4.31 Å². The Morgan fingerprint density at radius 2 is 1.00 bits per heavy atom. The molecule has 0 amide bonds. The van der Waals surface area contributed by atoms with Crippen LogP contribution in [0.15, 0.2) is 91.0 Å². The summed E-state index contributed by atoms with van der Waals surface area (Å²) in [4.78, 5) is 0. The predicted octanol–water partition coefficient (Wildman–Crippen LogP) is 4.15. The van der Waals surface area contributed by atoms with E-state index in [0.29, 0.717) is 11.4 Å². The van der Waals surface area contributed by atoms with Crippen molar-refractivity contribution in [3.05, 3.63) is 91.0 Å². The van der Waals surface area contributed by atoms with E-state index >= 15 is 0 Å².